The predicted molar refractivity (Wildman–Crippen MR) is 133 cm³/mol. The molecule has 0 aromatic heterocycles. The predicted octanol–water partition coefficient (Wildman–Crippen LogP) is 4.28. The molecule has 1 aliphatic rings. The lowest BCUT2D eigenvalue weighted by Crippen LogP contribution is -2.24. The number of hydrogen-bond acceptors (Lipinski definition) is 5. The molecule has 0 fully saturated rings. The summed E-state index contributed by atoms with van der Waals surface area (Å²) in [4.78, 5) is 10.3. The average molecular weight is 422 g/mol. The molecule has 30 heavy (non-hydrogen) atoms. The van der Waals surface area contributed by atoms with Crippen molar-refractivity contribution in [3.05, 3.63) is 59.9 Å². The molecule has 1 aliphatic carbocycles. The molecular weight excluding hydrogens is 374 g/mol. The van der Waals surface area contributed by atoms with E-state index in [2.05, 4.69) is 47.9 Å². The SMILES string of the molecule is C/C=C\C/C(C=O)=C\NC.CCC(CCNCCN)CCC1=CC=CCC=C1.CO.[HH]. The van der Waals surface area contributed by atoms with Crippen LogP contribution in [0.5, 0.6) is 0 Å². The minimum atomic E-state index is 0. The van der Waals surface area contributed by atoms with Crippen LogP contribution in [0.3, 0.4) is 0 Å². The molecule has 0 amide bonds. The first-order valence-corrected chi connectivity index (χ1v) is 11.0. The Morgan fingerprint density at radius 2 is 2.07 bits per heavy atom. The zero-order valence-corrected chi connectivity index (χ0v) is 19.6. The fraction of sp³-hybridized carbons (Fsp3) is 0.560. The standard InChI is InChI=1S/C16H28N2.C8H13NO.CH4O.H2/c1-2-15(11-13-18-14-12-17)9-10-16-7-5-3-4-6-8-16;1-3-4-5-8(7-10)6-9-2;1-2;/h3,5-8,15,18H,2,4,9-14,17H2,1H3;3-4,6-7,9H,5H2,1-2H3;2H,1H3;1H/b;4-3-,8-6+;;. The Kier molecular flexibility index (Phi) is 25.3. The van der Waals surface area contributed by atoms with Gasteiger partial charge in [0, 0.05) is 40.4 Å². The number of hydrogen-bond donors (Lipinski definition) is 4. The summed E-state index contributed by atoms with van der Waals surface area (Å²) in [5.41, 5.74) is 7.70. The van der Waals surface area contributed by atoms with Crippen molar-refractivity contribution in [3.8, 4) is 0 Å². The fourth-order valence-electron chi connectivity index (χ4n) is 2.83. The largest absolute Gasteiger partial charge is 0.400 e. The van der Waals surface area contributed by atoms with E-state index in [1.165, 1.54) is 31.3 Å². The monoisotopic (exact) mass is 421 g/mol. The van der Waals surface area contributed by atoms with Crippen LogP contribution in [0.25, 0.3) is 0 Å². The highest BCUT2D eigenvalue weighted by Gasteiger charge is 2.06. The lowest BCUT2D eigenvalue weighted by atomic mass is 9.94. The number of allylic oxidation sites excluding steroid dienone is 9. The Balaban J connectivity index is -0.000000517. The molecule has 0 saturated carbocycles. The lowest BCUT2D eigenvalue weighted by Gasteiger charge is -2.15. The summed E-state index contributed by atoms with van der Waals surface area (Å²) in [6.45, 7) is 7.01. The molecule has 5 N–H and O–H groups in total. The van der Waals surface area contributed by atoms with Gasteiger partial charge in [-0.1, -0.05) is 55.9 Å². The Morgan fingerprint density at radius 1 is 1.30 bits per heavy atom. The van der Waals surface area contributed by atoms with Crippen LogP contribution in [-0.4, -0.2) is 45.2 Å². The number of aldehydes is 1. The molecule has 0 aromatic carbocycles. The number of aliphatic hydroxyl groups is 1. The topological polar surface area (TPSA) is 87.4 Å². The van der Waals surface area contributed by atoms with Gasteiger partial charge in [-0.05, 0) is 57.1 Å². The third-order valence-corrected chi connectivity index (χ3v) is 4.59. The molecule has 1 rings (SSSR count). The van der Waals surface area contributed by atoms with Gasteiger partial charge in [0.2, 0.25) is 0 Å². The molecule has 0 saturated heterocycles. The van der Waals surface area contributed by atoms with Gasteiger partial charge in [-0.15, -0.1) is 0 Å². The quantitative estimate of drug-likeness (QED) is 0.154. The van der Waals surface area contributed by atoms with Crippen molar-refractivity contribution in [2.45, 2.75) is 52.4 Å². The van der Waals surface area contributed by atoms with Crippen LogP contribution in [0.2, 0.25) is 0 Å². The van der Waals surface area contributed by atoms with Gasteiger partial charge in [-0.25, -0.2) is 0 Å². The summed E-state index contributed by atoms with van der Waals surface area (Å²) >= 11 is 0. The lowest BCUT2D eigenvalue weighted by molar-refractivity contribution is -0.105. The van der Waals surface area contributed by atoms with Crippen LogP contribution in [0.1, 0.15) is 53.8 Å². The third-order valence-electron chi connectivity index (χ3n) is 4.59. The average Bonchev–Trinajstić information content (AvgIpc) is 3.07. The molecule has 0 bridgehead atoms. The molecule has 0 heterocycles. The maximum atomic E-state index is 10.3. The van der Waals surface area contributed by atoms with Crippen LogP contribution in [0.15, 0.2) is 59.9 Å². The maximum absolute atomic E-state index is 10.3. The van der Waals surface area contributed by atoms with E-state index in [4.69, 9.17) is 10.8 Å². The van der Waals surface area contributed by atoms with Gasteiger partial charge in [0.25, 0.3) is 0 Å². The first-order chi connectivity index (χ1) is 14.7. The smallest absolute Gasteiger partial charge is 0.147 e. The van der Waals surface area contributed by atoms with Crippen molar-refractivity contribution in [1.29, 1.82) is 0 Å². The molecule has 5 heteroatoms. The second-order valence-electron chi connectivity index (χ2n) is 6.85. The summed E-state index contributed by atoms with van der Waals surface area (Å²) in [5, 5.41) is 13.2. The van der Waals surface area contributed by atoms with E-state index < -0.39 is 0 Å². The Morgan fingerprint density at radius 3 is 2.67 bits per heavy atom. The molecular formula is C25H47N3O2. The first kappa shape index (κ1) is 30.2. The minimum Gasteiger partial charge on any atom is -0.400 e. The van der Waals surface area contributed by atoms with E-state index in [-0.39, 0.29) is 1.43 Å². The highest BCUT2D eigenvalue weighted by atomic mass is 16.2. The van der Waals surface area contributed by atoms with Crippen LogP contribution in [-0.2, 0) is 4.79 Å². The molecule has 174 valence electrons. The molecule has 1 unspecified atom stereocenters. The molecule has 5 nitrogen and oxygen atoms in total. The normalized spacial score (nSPS) is 14.1. The molecule has 0 spiro atoms. The number of nitrogens with one attached hydrogen (secondary N) is 2. The van der Waals surface area contributed by atoms with Gasteiger partial charge in [-0.3, -0.25) is 4.79 Å². The summed E-state index contributed by atoms with van der Waals surface area (Å²) in [5.74, 6) is 0.830. The second kappa shape index (κ2) is 25.1. The van der Waals surface area contributed by atoms with Crippen molar-refractivity contribution in [1.82, 2.24) is 10.6 Å². The zero-order valence-electron chi connectivity index (χ0n) is 19.6. The van der Waals surface area contributed by atoms with Crippen molar-refractivity contribution < 1.29 is 11.3 Å². The van der Waals surface area contributed by atoms with Crippen molar-refractivity contribution in [3.63, 3.8) is 0 Å². The Hall–Kier alpha value is -1.95. The number of rotatable bonds is 13. The Bertz CT molecular complexity index is 541. The summed E-state index contributed by atoms with van der Waals surface area (Å²) in [6, 6.07) is 0. The number of carbonyl (C=O) groups is 1. The second-order valence-corrected chi connectivity index (χ2v) is 6.85. The van der Waals surface area contributed by atoms with Crippen LogP contribution in [0.4, 0.5) is 0 Å². The van der Waals surface area contributed by atoms with E-state index in [9.17, 15) is 4.79 Å². The summed E-state index contributed by atoms with van der Waals surface area (Å²) in [6.07, 6.45) is 24.4. The van der Waals surface area contributed by atoms with E-state index in [1.54, 1.807) is 13.2 Å². The van der Waals surface area contributed by atoms with Gasteiger partial charge in [0.05, 0.1) is 0 Å². The summed E-state index contributed by atoms with van der Waals surface area (Å²) < 4.78 is 0. The highest BCUT2D eigenvalue weighted by Crippen LogP contribution is 2.20. The van der Waals surface area contributed by atoms with E-state index in [0.29, 0.717) is 6.42 Å². The number of nitrogens with two attached hydrogens (primary N) is 1. The zero-order chi connectivity index (χ0) is 22.9. The first-order valence-electron chi connectivity index (χ1n) is 11.0. The van der Waals surface area contributed by atoms with Gasteiger partial charge in [-0.2, -0.15) is 0 Å². The molecule has 0 radical (unpaired) electrons. The molecule has 0 aromatic rings. The van der Waals surface area contributed by atoms with Crippen LogP contribution >= 0.6 is 0 Å². The molecule has 1 atom stereocenters. The highest BCUT2D eigenvalue weighted by molar-refractivity contribution is 5.73. The van der Waals surface area contributed by atoms with Gasteiger partial charge in [0.1, 0.15) is 6.29 Å². The third kappa shape index (κ3) is 19.4. The maximum Gasteiger partial charge on any atom is 0.147 e. The van der Waals surface area contributed by atoms with Crippen molar-refractivity contribution >= 4 is 6.29 Å². The minimum absolute atomic E-state index is 0. The fourth-order valence-corrected chi connectivity index (χ4v) is 2.83. The van der Waals surface area contributed by atoms with Gasteiger partial charge in [0.15, 0.2) is 0 Å². The van der Waals surface area contributed by atoms with Gasteiger partial charge < -0.3 is 21.5 Å². The summed E-state index contributed by atoms with van der Waals surface area (Å²) in [7, 11) is 2.78. The number of aliphatic hydroxyl groups excluding tert-OH is 1. The van der Waals surface area contributed by atoms with Crippen LogP contribution in [0, 0.1) is 5.92 Å². The van der Waals surface area contributed by atoms with Crippen molar-refractivity contribution in [2.24, 2.45) is 11.7 Å². The van der Waals surface area contributed by atoms with Gasteiger partial charge >= 0.3 is 0 Å². The number of carbonyl (C=O) groups excluding carboxylic acids is 1. The van der Waals surface area contributed by atoms with Crippen LogP contribution < -0.4 is 16.4 Å². The van der Waals surface area contributed by atoms with Crippen molar-refractivity contribution in [2.75, 3.05) is 33.8 Å². The Labute approximate surface area is 186 Å². The van der Waals surface area contributed by atoms with E-state index in [1.807, 2.05) is 19.1 Å². The van der Waals surface area contributed by atoms with E-state index >= 15 is 0 Å². The molecule has 0 aliphatic heterocycles. The van der Waals surface area contributed by atoms with E-state index in [0.717, 1.165) is 50.9 Å².